The van der Waals surface area contributed by atoms with E-state index in [0.29, 0.717) is 18.4 Å². The molecule has 6 nitrogen and oxygen atoms in total. The fourth-order valence-electron chi connectivity index (χ4n) is 3.54. The van der Waals surface area contributed by atoms with E-state index in [1.807, 2.05) is 17.5 Å². The fourth-order valence-corrected chi connectivity index (χ4v) is 4.29. The van der Waals surface area contributed by atoms with Gasteiger partial charge in [0.1, 0.15) is 12.3 Å². The minimum Gasteiger partial charge on any atom is -0.443 e. The number of aromatic nitrogens is 1. The molecule has 2 aromatic heterocycles. The molecule has 1 saturated heterocycles. The Morgan fingerprint density at radius 2 is 2.24 bits per heavy atom. The molecule has 160 valence electrons. The van der Waals surface area contributed by atoms with Gasteiger partial charge in [-0.15, -0.1) is 11.3 Å². The summed E-state index contributed by atoms with van der Waals surface area (Å²) in [6.07, 6.45) is 4.34. The predicted molar refractivity (Wildman–Crippen MR) is 120 cm³/mol. The fraction of sp³-hybridized carbons (Fsp3) is 0.636. The highest BCUT2D eigenvalue weighted by atomic mass is 32.1. The van der Waals surface area contributed by atoms with Crippen LogP contribution >= 0.6 is 11.3 Å². The van der Waals surface area contributed by atoms with Gasteiger partial charge in [-0.1, -0.05) is 26.8 Å². The molecule has 3 heterocycles. The molecule has 0 aromatic carbocycles. The molecule has 0 spiro atoms. The van der Waals surface area contributed by atoms with Gasteiger partial charge in [0.05, 0.1) is 6.20 Å². The summed E-state index contributed by atoms with van der Waals surface area (Å²) < 4.78 is 5.86. The highest BCUT2D eigenvalue weighted by molar-refractivity contribution is 7.09. The molecule has 2 N–H and O–H groups in total. The van der Waals surface area contributed by atoms with Gasteiger partial charge in [0.25, 0.3) is 0 Å². The van der Waals surface area contributed by atoms with Crippen molar-refractivity contribution in [2.24, 2.45) is 10.9 Å². The molecule has 1 unspecified atom stereocenters. The number of thiophene rings is 1. The Morgan fingerprint density at radius 1 is 1.38 bits per heavy atom. The van der Waals surface area contributed by atoms with E-state index in [0.717, 1.165) is 37.9 Å². The molecule has 1 fully saturated rings. The Kier molecular flexibility index (Phi) is 7.72. The van der Waals surface area contributed by atoms with Gasteiger partial charge >= 0.3 is 0 Å². The Balaban J connectivity index is 1.50. The normalized spacial score (nSPS) is 18.8. The molecule has 2 aromatic rings. The average Bonchev–Trinajstić information content (AvgIpc) is 3.36. The Morgan fingerprint density at radius 3 is 2.93 bits per heavy atom. The van der Waals surface area contributed by atoms with Crippen molar-refractivity contribution < 1.29 is 4.42 Å². The second-order valence-corrected chi connectivity index (χ2v) is 9.80. The molecule has 0 aliphatic carbocycles. The molecule has 1 aliphatic rings. The van der Waals surface area contributed by atoms with Crippen LogP contribution in [0.5, 0.6) is 0 Å². The van der Waals surface area contributed by atoms with Gasteiger partial charge in [0, 0.05) is 36.5 Å². The zero-order valence-electron chi connectivity index (χ0n) is 18.2. The lowest BCUT2D eigenvalue weighted by Gasteiger charge is -2.32. The standard InChI is InChI=1S/C22H35N5OS/c1-5-23-21(26-14-20-24-13-19(28-20)22(2,3)4)25-12-17-8-6-10-27(15-17)16-18-9-7-11-29-18/h7,9,11,13,17H,5-6,8,10,12,14-16H2,1-4H3,(H2,23,25,26). The van der Waals surface area contributed by atoms with E-state index in [2.05, 4.69) is 70.7 Å². The number of aliphatic imine (C=N–C) groups is 1. The first kappa shape index (κ1) is 21.8. The van der Waals surface area contributed by atoms with Crippen LogP contribution in [0.15, 0.2) is 33.1 Å². The third-order valence-electron chi connectivity index (χ3n) is 5.13. The summed E-state index contributed by atoms with van der Waals surface area (Å²) in [5.74, 6) is 3.03. The number of rotatable bonds is 7. The molecule has 0 amide bonds. The number of oxazole rings is 1. The van der Waals surface area contributed by atoms with Gasteiger partial charge in [-0.05, 0) is 43.7 Å². The molecule has 3 rings (SSSR count). The van der Waals surface area contributed by atoms with Crippen molar-refractivity contribution in [2.45, 2.75) is 59.0 Å². The van der Waals surface area contributed by atoms with Crippen molar-refractivity contribution in [1.29, 1.82) is 0 Å². The summed E-state index contributed by atoms with van der Waals surface area (Å²) in [5.41, 5.74) is -0.0340. The van der Waals surface area contributed by atoms with Gasteiger partial charge in [-0.2, -0.15) is 0 Å². The summed E-state index contributed by atoms with van der Waals surface area (Å²) in [6.45, 7) is 14.1. The number of hydrogen-bond donors (Lipinski definition) is 2. The van der Waals surface area contributed by atoms with E-state index in [4.69, 9.17) is 4.42 Å². The lowest BCUT2D eigenvalue weighted by Crippen LogP contribution is -2.44. The van der Waals surface area contributed by atoms with Crippen molar-refractivity contribution in [1.82, 2.24) is 20.5 Å². The first-order chi connectivity index (χ1) is 13.9. The van der Waals surface area contributed by atoms with Gasteiger partial charge in [0.15, 0.2) is 5.96 Å². The Labute approximate surface area is 178 Å². The lowest BCUT2D eigenvalue weighted by molar-refractivity contribution is 0.169. The van der Waals surface area contributed by atoms with Crippen molar-refractivity contribution in [3.8, 4) is 0 Å². The van der Waals surface area contributed by atoms with Crippen molar-refractivity contribution in [3.05, 3.63) is 40.2 Å². The Bertz CT molecular complexity index is 763. The molecule has 1 aliphatic heterocycles. The van der Waals surface area contributed by atoms with Gasteiger partial charge in [-0.25, -0.2) is 9.98 Å². The maximum atomic E-state index is 5.86. The quantitative estimate of drug-likeness (QED) is 0.526. The largest absolute Gasteiger partial charge is 0.443 e. The third kappa shape index (κ3) is 6.85. The maximum Gasteiger partial charge on any atom is 0.216 e. The van der Waals surface area contributed by atoms with Crippen LogP contribution in [0.25, 0.3) is 0 Å². The molecule has 1 atom stereocenters. The Hall–Kier alpha value is -1.86. The summed E-state index contributed by atoms with van der Waals surface area (Å²) in [4.78, 5) is 13.1. The zero-order valence-corrected chi connectivity index (χ0v) is 19.0. The lowest BCUT2D eigenvalue weighted by atomic mass is 9.94. The van der Waals surface area contributed by atoms with Crippen LogP contribution in [0.4, 0.5) is 0 Å². The van der Waals surface area contributed by atoms with Crippen LogP contribution in [0.2, 0.25) is 0 Å². The minimum atomic E-state index is -0.0340. The molecular weight excluding hydrogens is 382 g/mol. The highest BCUT2D eigenvalue weighted by Crippen LogP contribution is 2.23. The molecule has 0 bridgehead atoms. The number of hydrogen-bond acceptors (Lipinski definition) is 5. The van der Waals surface area contributed by atoms with Gasteiger partial charge in [0.2, 0.25) is 5.89 Å². The second-order valence-electron chi connectivity index (χ2n) is 8.77. The van der Waals surface area contributed by atoms with Gasteiger partial charge in [-0.3, -0.25) is 4.90 Å². The summed E-state index contributed by atoms with van der Waals surface area (Å²) in [6, 6.07) is 4.37. The van der Waals surface area contributed by atoms with Crippen LogP contribution in [0.1, 0.15) is 57.1 Å². The number of nitrogens with zero attached hydrogens (tertiary/aromatic N) is 3. The first-order valence-electron chi connectivity index (χ1n) is 10.7. The zero-order chi connectivity index (χ0) is 20.7. The number of guanidine groups is 1. The monoisotopic (exact) mass is 417 g/mol. The molecule has 0 radical (unpaired) electrons. The summed E-state index contributed by atoms with van der Waals surface area (Å²) >= 11 is 1.85. The minimum absolute atomic E-state index is 0.0340. The predicted octanol–water partition coefficient (Wildman–Crippen LogP) is 4.00. The maximum absolute atomic E-state index is 5.86. The highest BCUT2D eigenvalue weighted by Gasteiger charge is 2.21. The van der Waals surface area contributed by atoms with Crippen LogP contribution in [-0.4, -0.2) is 42.0 Å². The average molecular weight is 418 g/mol. The van der Waals surface area contributed by atoms with Crippen molar-refractivity contribution in [3.63, 3.8) is 0 Å². The number of nitrogens with one attached hydrogen (secondary N) is 2. The third-order valence-corrected chi connectivity index (χ3v) is 5.99. The van der Waals surface area contributed by atoms with E-state index in [-0.39, 0.29) is 5.41 Å². The van der Waals surface area contributed by atoms with E-state index >= 15 is 0 Å². The van der Waals surface area contributed by atoms with E-state index in [1.54, 1.807) is 0 Å². The molecule has 29 heavy (non-hydrogen) atoms. The van der Waals surface area contributed by atoms with Crippen LogP contribution in [0.3, 0.4) is 0 Å². The first-order valence-corrected chi connectivity index (χ1v) is 11.5. The SMILES string of the molecule is CCNC(=NCc1ncc(C(C)(C)C)o1)NCC1CCCN(Cc2cccs2)C1. The van der Waals surface area contributed by atoms with Crippen molar-refractivity contribution >= 4 is 17.3 Å². The second kappa shape index (κ2) is 10.3. The van der Waals surface area contributed by atoms with E-state index < -0.39 is 0 Å². The summed E-state index contributed by atoms with van der Waals surface area (Å²) in [7, 11) is 0. The van der Waals surface area contributed by atoms with Crippen LogP contribution < -0.4 is 10.6 Å². The van der Waals surface area contributed by atoms with Gasteiger partial charge < -0.3 is 15.1 Å². The summed E-state index contributed by atoms with van der Waals surface area (Å²) in [5, 5.41) is 9.02. The van der Waals surface area contributed by atoms with E-state index in [1.165, 1.54) is 24.3 Å². The molecular formula is C22H35N5OS. The van der Waals surface area contributed by atoms with Crippen LogP contribution in [-0.2, 0) is 18.5 Å². The number of likely N-dealkylation sites (tertiary alicyclic amines) is 1. The topological polar surface area (TPSA) is 65.7 Å². The van der Waals surface area contributed by atoms with E-state index in [9.17, 15) is 0 Å². The number of piperidine rings is 1. The van der Waals surface area contributed by atoms with Crippen LogP contribution in [0, 0.1) is 5.92 Å². The van der Waals surface area contributed by atoms with Crippen molar-refractivity contribution in [2.75, 3.05) is 26.2 Å². The smallest absolute Gasteiger partial charge is 0.216 e. The molecule has 7 heteroatoms. The molecule has 0 saturated carbocycles.